The van der Waals surface area contributed by atoms with Gasteiger partial charge in [-0.05, 0) is 24.6 Å². The van der Waals surface area contributed by atoms with Crippen LogP contribution in [0.5, 0.6) is 5.75 Å². The minimum atomic E-state index is -3.81. The van der Waals surface area contributed by atoms with E-state index < -0.39 is 10.0 Å². The first-order valence-corrected chi connectivity index (χ1v) is 8.05. The number of aromatic nitrogens is 1. The predicted octanol–water partition coefficient (Wildman–Crippen LogP) is 1.75. The van der Waals surface area contributed by atoms with Crippen LogP contribution in [0.1, 0.15) is 11.3 Å². The fraction of sp³-hybridized carbons (Fsp3) is 0.250. The van der Waals surface area contributed by atoms with E-state index in [0.717, 1.165) is 5.69 Å². The maximum Gasteiger partial charge on any atom is 0.267 e. The Hall–Kier alpha value is -1.64. The highest BCUT2D eigenvalue weighted by molar-refractivity contribution is 7.93. The topological polar surface area (TPSA) is 88.5 Å². The van der Waals surface area contributed by atoms with Crippen molar-refractivity contribution in [2.24, 2.45) is 0 Å². The lowest BCUT2D eigenvalue weighted by Gasteiger charge is -2.11. The molecule has 1 aromatic carbocycles. The predicted molar refractivity (Wildman–Crippen MR) is 76.6 cm³/mol. The molecule has 0 bridgehead atoms. The normalized spacial score (nSPS) is 11.3. The maximum atomic E-state index is 12.4. The largest absolute Gasteiger partial charge is 0.495 e. The number of hydrogen-bond acceptors (Lipinski definition) is 6. The summed E-state index contributed by atoms with van der Waals surface area (Å²) in [5.41, 5.74) is 1.23. The number of aliphatic hydroxyl groups is 1. The molecule has 1 aromatic heterocycles. The van der Waals surface area contributed by atoms with Gasteiger partial charge in [0.25, 0.3) is 10.0 Å². The lowest BCUT2D eigenvalue weighted by molar-refractivity contribution is 0.281. The molecule has 0 aliphatic carbocycles. The average molecular weight is 314 g/mol. The van der Waals surface area contributed by atoms with Crippen molar-refractivity contribution in [3.63, 3.8) is 0 Å². The summed E-state index contributed by atoms with van der Waals surface area (Å²) in [5.74, 6) is 0.211. The highest BCUT2D eigenvalue weighted by atomic mass is 32.2. The molecule has 0 saturated carbocycles. The number of rotatable bonds is 5. The van der Waals surface area contributed by atoms with E-state index >= 15 is 0 Å². The molecule has 108 valence electrons. The molecular formula is C12H14N2O4S2. The average Bonchev–Trinajstić information content (AvgIpc) is 2.82. The van der Waals surface area contributed by atoms with E-state index in [1.165, 1.54) is 30.6 Å². The zero-order chi connectivity index (χ0) is 14.8. The van der Waals surface area contributed by atoms with Gasteiger partial charge in [0.1, 0.15) is 10.6 Å². The first-order valence-electron chi connectivity index (χ1n) is 5.69. The van der Waals surface area contributed by atoms with Gasteiger partial charge in [0.2, 0.25) is 0 Å². The molecular weight excluding hydrogens is 300 g/mol. The summed E-state index contributed by atoms with van der Waals surface area (Å²) in [6, 6.07) is 4.49. The van der Waals surface area contributed by atoms with Gasteiger partial charge in [-0.15, -0.1) is 11.3 Å². The van der Waals surface area contributed by atoms with Crippen LogP contribution in [0.25, 0.3) is 0 Å². The smallest absolute Gasteiger partial charge is 0.267 e. The van der Waals surface area contributed by atoms with Gasteiger partial charge >= 0.3 is 0 Å². The Labute approximate surface area is 121 Å². The second kappa shape index (κ2) is 5.78. The molecule has 2 aromatic rings. The van der Waals surface area contributed by atoms with E-state index in [4.69, 9.17) is 9.84 Å². The zero-order valence-corrected chi connectivity index (χ0v) is 12.6. The highest BCUT2D eigenvalue weighted by Crippen LogP contribution is 2.27. The molecule has 0 saturated heterocycles. The van der Waals surface area contributed by atoms with Crippen molar-refractivity contribution < 1.29 is 18.3 Å². The third kappa shape index (κ3) is 3.09. The van der Waals surface area contributed by atoms with Crippen molar-refractivity contribution in [2.75, 3.05) is 11.8 Å². The third-order valence-electron chi connectivity index (χ3n) is 2.54. The summed E-state index contributed by atoms with van der Waals surface area (Å²) in [6.07, 6.45) is 0. The number of ether oxygens (including phenoxy) is 1. The molecule has 0 amide bonds. The molecule has 8 heteroatoms. The Bertz CT molecular complexity index is 710. The third-order valence-corrected chi connectivity index (χ3v) is 4.91. The Kier molecular flexibility index (Phi) is 4.26. The number of methoxy groups -OCH3 is 1. The Morgan fingerprint density at radius 2 is 2.20 bits per heavy atom. The Balaban J connectivity index is 2.42. The van der Waals surface area contributed by atoms with Crippen LogP contribution in [0, 0.1) is 6.92 Å². The van der Waals surface area contributed by atoms with E-state index in [1.54, 1.807) is 18.4 Å². The van der Waals surface area contributed by atoms with Gasteiger partial charge in [0.15, 0.2) is 5.13 Å². The molecule has 0 unspecified atom stereocenters. The Morgan fingerprint density at radius 1 is 1.45 bits per heavy atom. The van der Waals surface area contributed by atoms with Crippen molar-refractivity contribution in [1.82, 2.24) is 4.98 Å². The van der Waals surface area contributed by atoms with Gasteiger partial charge < -0.3 is 9.84 Å². The monoisotopic (exact) mass is 314 g/mol. The molecule has 0 aliphatic rings. The second-order valence-corrected chi connectivity index (χ2v) is 6.55. The maximum absolute atomic E-state index is 12.4. The van der Waals surface area contributed by atoms with Crippen LogP contribution >= 0.6 is 11.3 Å². The second-order valence-electron chi connectivity index (χ2n) is 4.04. The van der Waals surface area contributed by atoms with Crippen LogP contribution in [0.4, 0.5) is 5.13 Å². The lowest BCUT2D eigenvalue weighted by Crippen LogP contribution is -2.14. The fourth-order valence-electron chi connectivity index (χ4n) is 1.60. The molecule has 0 atom stereocenters. The molecule has 0 aliphatic heterocycles. The zero-order valence-electron chi connectivity index (χ0n) is 11.0. The van der Waals surface area contributed by atoms with E-state index in [-0.39, 0.29) is 17.3 Å². The van der Waals surface area contributed by atoms with Crippen LogP contribution < -0.4 is 9.46 Å². The molecule has 2 rings (SSSR count). The van der Waals surface area contributed by atoms with Gasteiger partial charge in [-0.1, -0.05) is 6.07 Å². The molecule has 1 heterocycles. The number of benzene rings is 1. The summed E-state index contributed by atoms with van der Waals surface area (Å²) in [7, 11) is -2.42. The summed E-state index contributed by atoms with van der Waals surface area (Å²) in [6.45, 7) is 1.53. The summed E-state index contributed by atoms with van der Waals surface area (Å²) in [4.78, 5) is 4.03. The van der Waals surface area contributed by atoms with Crippen LogP contribution in [0.3, 0.4) is 0 Å². The molecule has 0 spiro atoms. The quantitative estimate of drug-likeness (QED) is 0.878. The van der Waals surface area contributed by atoms with Gasteiger partial charge in [0.05, 0.1) is 19.4 Å². The minimum Gasteiger partial charge on any atom is -0.495 e. The number of aliphatic hydroxyl groups excluding tert-OH is 1. The SMILES string of the molecule is COc1ccc(CO)cc1S(=O)(=O)Nc1nc(C)cs1. The van der Waals surface area contributed by atoms with Crippen molar-refractivity contribution in [2.45, 2.75) is 18.4 Å². The van der Waals surface area contributed by atoms with Gasteiger partial charge in [-0.25, -0.2) is 13.4 Å². The first-order chi connectivity index (χ1) is 9.46. The van der Waals surface area contributed by atoms with Gasteiger partial charge in [-0.2, -0.15) is 0 Å². The summed E-state index contributed by atoms with van der Waals surface area (Å²) < 4.78 is 32.2. The number of sulfonamides is 1. The van der Waals surface area contributed by atoms with E-state index in [1.807, 2.05) is 0 Å². The molecule has 20 heavy (non-hydrogen) atoms. The first kappa shape index (κ1) is 14.8. The van der Waals surface area contributed by atoms with Crippen molar-refractivity contribution in [1.29, 1.82) is 0 Å². The lowest BCUT2D eigenvalue weighted by atomic mass is 10.2. The number of hydrogen-bond donors (Lipinski definition) is 2. The standard InChI is InChI=1S/C12H14N2O4S2/c1-8-7-19-12(13-8)14-20(16,17)11-5-9(6-15)3-4-10(11)18-2/h3-5,7,15H,6H2,1-2H3,(H,13,14). The van der Waals surface area contributed by atoms with Gasteiger partial charge in [0, 0.05) is 5.38 Å². The van der Waals surface area contributed by atoms with Crippen LogP contribution in [-0.2, 0) is 16.6 Å². The number of nitrogens with one attached hydrogen (secondary N) is 1. The van der Waals surface area contributed by atoms with Crippen LogP contribution in [0.15, 0.2) is 28.5 Å². The fourth-order valence-corrected chi connectivity index (χ4v) is 3.76. The minimum absolute atomic E-state index is 0.0283. The number of thiazole rings is 1. The highest BCUT2D eigenvalue weighted by Gasteiger charge is 2.21. The van der Waals surface area contributed by atoms with Crippen LogP contribution in [-0.4, -0.2) is 25.6 Å². The van der Waals surface area contributed by atoms with Crippen LogP contribution in [0.2, 0.25) is 0 Å². The van der Waals surface area contributed by atoms with Crippen molar-refractivity contribution in [3.8, 4) is 5.75 Å². The number of anilines is 1. The summed E-state index contributed by atoms with van der Waals surface area (Å²) in [5, 5.41) is 11.2. The molecule has 0 radical (unpaired) electrons. The van der Waals surface area contributed by atoms with Gasteiger partial charge in [-0.3, -0.25) is 4.72 Å². The number of aryl methyl sites for hydroxylation is 1. The Morgan fingerprint density at radius 3 is 2.75 bits per heavy atom. The molecule has 0 fully saturated rings. The van der Waals surface area contributed by atoms with Crippen molar-refractivity contribution >= 4 is 26.5 Å². The van der Waals surface area contributed by atoms with E-state index in [2.05, 4.69) is 9.71 Å². The number of nitrogens with zero attached hydrogens (tertiary/aromatic N) is 1. The molecule has 6 nitrogen and oxygen atoms in total. The van der Waals surface area contributed by atoms with E-state index in [0.29, 0.717) is 10.7 Å². The van der Waals surface area contributed by atoms with Crippen molar-refractivity contribution in [3.05, 3.63) is 34.8 Å². The summed E-state index contributed by atoms with van der Waals surface area (Å²) >= 11 is 1.20. The van der Waals surface area contributed by atoms with E-state index in [9.17, 15) is 8.42 Å². The molecule has 2 N–H and O–H groups in total.